The summed E-state index contributed by atoms with van der Waals surface area (Å²) in [7, 11) is 1.28. The summed E-state index contributed by atoms with van der Waals surface area (Å²) in [4.78, 5) is 0. The maximum atomic E-state index is 11.9. The van der Waals surface area contributed by atoms with E-state index in [9.17, 15) is 4.21 Å². The highest BCUT2D eigenvalue weighted by molar-refractivity contribution is 7.84. The van der Waals surface area contributed by atoms with Gasteiger partial charge < -0.3 is 5.32 Å². The minimum absolute atomic E-state index is 0.573. The van der Waals surface area contributed by atoms with Crippen LogP contribution in [0, 0.1) is 0 Å². The van der Waals surface area contributed by atoms with Gasteiger partial charge in [-0.15, -0.1) is 0 Å². The third-order valence-electron chi connectivity index (χ3n) is 3.00. The molecule has 1 aromatic carbocycles. The van der Waals surface area contributed by atoms with Gasteiger partial charge in [0.05, 0.1) is 0 Å². The van der Waals surface area contributed by atoms with E-state index in [0.29, 0.717) is 11.8 Å². The van der Waals surface area contributed by atoms with E-state index in [2.05, 4.69) is 12.2 Å². The van der Waals surface area contributed by atoms with E-state index in [1.54, 1.807) is 0 Å². The predicted octanol–water partition coefficient (Wildman–Crippen LogP) is 2.71. The van der Waals surface area contributed by atoms with Crippen molar-refractivity contribution in [3.05, 3.63) is 35.9 Å². The minimum Gasteiger partial charge on any atom is -0.317 e. The summed E-state index contributed by atoms with van der Waals surface area (Å²) in [6.07, 6.45) is 3.30. The number of hydrogen-bond acceptors (Lipinski definition) is 2. The summed E-state index contributed by atoms with van der Waals surface area (Å²) >= 11 is 0. The van der Waals surface area contributed by atoms with Gasteiger partial charge in [-0.3, -0.25) is 4.21 Å². The Labute approximate surface area is 107 Å². The van der Waals surface area contributed by atoms with Crippen LogP contribution in [-0.4, -0.2) is 23.1 Å². The molecule has 96 valence electrons. The number of nitrogens with one attached hydrogen (secondary N) is 1. The summed E-state index contributed by atoms with van der Waals surface area (Å²) in [5.74, 6) is 1.50. The van der Waals surface area contributed by atoms with Crippen molar-refractivity contribution in [3.63, 3.8) is 0 Å². The zero-order valence-electron chi connectivity index (χ0n) is 10.8. The van der Waals surface area contributed by atoms with Crippen LogP contribution in [0.25, 0.3) is 0 Å². The fraction of sp³-hybridized carbons (Fsp3) is 0.571. The third-order valence-corrected chi connectivity index (χ3v) is 4.40. The quantitative estimate of drug-likeness (QED) is 0.772. The Morgan fingerprint density at radius 3 is 2.59 bits per heavy atom. The van der Waals surface area contributed by atoms with Crippen LogP contribution in [0.4, 0.5) is 0 Å². The summed E-state index contributed by atoms with van der Waals surface area (Å²) in [6.45, 7) is 2.18. The van der Waals surface area contributed by atoms with Gasteiger partial charge in [0.1, 0.15) is 0 Å². The van der Waals surface area contributed by atoms with Crippen LogP contribution in [0.15, 0.2) is 30.3 Å². The molecule has 3 heteroatoms. The molecule has 0 amide bonds. The smallest absolute Gasteiger partial charge is 0.0485 e. The Hall–Kier alpha value is -0.670. The Balaban J connectivity index is 2.22. The molecule has 0 saturated carbocycles. The lowest BCUT2D eigenvalue weighted by Gasteiger charge is -2.12. The molecule has 1 rings (SSSR count). The Kier molecular flexibility index (Phi) is 7.13. The lowest BCUT2D eigenvalue weighted by molar-refractivity contribution is 0.503. The monoisotopic (exact) mass is 253 g/mol. The number of hydrogen-bond donors (Lipinski definition) is 1. The van der Waals surface area contributed by atoms with Gasteiger partial charge in [0, 0.05) is 28.3 Å². The molecule has 0 aliphatic heterocycles. The van der Waals surface area contributed by atoms with Gasteiger partial charge >= 0.3 is 0 Å². The summed E-state index contributed by atoms with van der Waals surface area (Å²) < 4.78 is 11.9. The Morgan fingerprint density at radius 1 is 1.29 bits per heavy atom. The van der Waals surface area contributed by atoms with E-state index in [-0.39, 0.29) is 0 Å². The zero-order chi connectivity index (χ0) is 12.5. The highest BCUT2D eigenvalue weighted by Crippen LogP contribution is 2.06. The van der Waals surface area contributed by atoms with Gasteiger partial charge in [-0.05, 0) is 31.9 Å². The third kappa shape index (κ3) is 5.99. The first-order chi connectivity index (χ1) is 8.26. The average Bonchev–Trinajstić information content (AvgIpc) is 2.36. The maximum absolute atomic E-state index is 11.9. The van der Waals surface area contributed by atoms with Gasteiger partial charge in [0.2, 0.25) is 0 Å². The van der Waals surface area contributed by atoms with Gasteiger partial charge in [0.25, 0.3) is 0 Å². The van der Waals surface area contributed by atoms with Gasteiger partial charge in [0.15, 0.2) is 0 Å². The van der Waals surface area contributed by atoms with Crippen LogP contribution in [-0.2, 0) is 16.6 Å². The molecule has 0 bridgehead atoms. The van der Waals surface area contributed by atoms with Gasteiger partial charge in [-0.1, -0.05) is 37.3 Å². The van der Waals surface area contributed by atoms with E-state index in [4.69, 9.17) is 0 Å². The number of rotatable bonds is 8. The van der Waals surface area contributed by atoms with Crippen molar-refractivity contribution in [1.29, 1.82) is 0 Å². The Bertz CT molecular complexity index is 322. The molecule has 0 aliphatic rings. The van der Waals surface area contributed by atoms with Crippen molar-refractivity contribution >= 4 is 10.8 Å². The lowest BCUT2D eigenvalue weighted by Crippen LogP contribution is -2.24. The molecule has 0 saturated heterocycles. The van der Waals surface area contributed by atoms with E-state index in [0.717, 1.165) is 25.0 Å². The second-order valence-corrected chi connectivity index (χ2v) is 5.89. The van der Waals surface area contributed by atoms with Crippen LogP contribution in [0.5, 0.6) is 0 Å². The molecule has 17 heavy (non-hydrogen) atoms. The minimum atomic E-state index is -0.719. The fourth-order valence-electron chi connectivity index (χ4n) is 1.88. The SMILES string of the molecule is CCC(CCCS(=O)Cc1ccccc1)NC. The second-order valence-electron chi connectivity index (χ2n) is 4.31. The van der Waals surface area contributed by atoms with Crippen LogP contribution in [0.3, 0.4) is 0 Å². The van der Waals surface area contributed by atoms with Crippen molar-refractivity contribution in [2.75, 3.05) is 12.8 Å². The highest BCUT2D eigenvalue weighted by atomic mass is 32.2. The van der Waals surface area contributed by atoms with Crippen molar-refractivity contribution in [2.45, 2.75) is 38.0 Å². The molecule has 2 nitrogen and oxygen atoms in total. The highest BCUT2D eigenvalue weighted by Gasteiger charge is 2.05. The summed E-state index contributed by atoms with van der Waals surface area (Å²) in [6, 6.07) is 10.6. The Morgan fingerprint density at radius 2 is 2.00 bits per heavy atom. The second kappa shape index (κ2) is 8.43. The standard InChI is InChI=1S/C14H23NOS/c1-3-14(15-2)10-7-11-17(16)12-13-8-5-4-6-9-13/h4-6,8-9,14-15H,3,7,10-12H2,1-2H3. The molecular formula is C14H23NOS. The first-order valence-electron chi connectivity index (χ1n) is 6.32. The molecule has 0 heterocycles. The molecule has 0 radical (unpaired) electrons. The molecule has 1 aromatic rings. The normalized spacial score (nSPS) is 14.5. The van der Waals surface area contributed by atoms with Crippen LogP contribution in [0.1, 0.15) is 31.7 Å². The van der Waals surface area contributed by atoms with Crippen LogP contribution < -0.4 is 5.32 Å². The first-order valence-corrected chi connectivity index (χ1v) is 7.81. The zero-order valence-corrected chi connectivity index (χ0v) is 11.6. The van der Waals surface area contributed by atoms with E-state index < -0.39 is 10.8 Å². The molecule has 1 N–H and O–H groups in total. The lowest BCUT2D eigenvalue weighted by atomic mass is 10.1. The van der Waals surface area contributed by atoms with Crippen LogP contribution in [0.2, 0.25) is 0 Å². The molecule has 0 aliphatic carbocycles. The number of benzene rings is 1. The molecule has 0 spiro atoms. The van der Waals surface area contributed by atoms with E-state index >= 15 is 0 Å². The van der Waals surface area contributed by atoms with Crippen molar-refractivity contribution in [3.8, 4) is 0 Å². The maximum Gasteiger partial charge on any atom is 0.0485 e. The van der Waals surface area contributed by atoms with Crippen molar-refractivity contribution in [1.82, 2.24) is 5.32 Å². The van der Waals surface area contributed by atoms with Crippen molar-refractivity contribution in [2.24, 2.45) is 0 Å². The van der Waals surface area contributed by atoms with Gasteiger partial charge in [-0.2, -0.15) is 0 Å². The van der Waals surface area contributed by atoms with Crippen LogP contribution >= 0.6 is 0 Å². The summed E-state index contributed by atoms with van der Waals surface area (Å²) in [5.41, 5.74) is 1.17. The molecule has 2 unspecified atom stereocenters. The first kappa shape index (κ1) is 14.4. The largest absolute Gasteiger partial charge is 0.317 e. The van der Waals surface area contributed by atoms with Crippen molar-refractivity contribution < 1.29 is 4.21 Å². The van der Waals surface area contributed by atoms with E-state index in [1.807, 2.05) is 37.4 Å². The summed E-state index contributed by atoms with van der Waals surface area (Å²) in [5, 5.41) is 3.28. The molecule has 0 aromatic heterocycles. The predicted molar refractivity (Wildman–Crippen MR) is 75.5 cm³/mol. The average molecular weight is 253 g/mol. The van der Waals surface area contributed by atoms with E-state index in [1.165, 1.54) is 5.56 Å². The van der Waals surface area contributed by atoms with Gasteiger partial charge in [-0.25, -0.2) is 0 Å². The topological polar surface area (TPSA) is 29.1 Å². The molecule has 0 fully saturated rings. The fourth-order valence-corrected chi connectivity index (χ4v) is 3.07. The molecule has 2 atom stereocenters. The molecular weight excluding hydrogens is 230 g/mol.